The van der Waals surface area contributed by atoms with Gasteiger partial charge >= 0.3 is 0 Å². The minimum absolute atomic E-state index is 0.293. The Morgan fingerprint density at radius 3 is 2.47 bits per heavy atom. The minimum atomic E-state index is 0.293. The highest BCUT2D eigenvalue weighted by Crippen LogP contribution is 2.35. The fraction of sp³-hybridized carbons (Fsp3) is 0.625. The van der Waals surface area contributed by atoms with E-state index in [-0.39, 0.29) is 0 Å². The molecule has 2 rings (SSSR count). The summed E-state index contributed by atoms with van der Waals surface area (Å²) in [6.45, 7) is 7.79. The molecule has 1 aliphatic carbocycles. The van der Waals surface area contributed by atoms with Gasteiger partial charge in [0.15, 0.2) is 0 Å². The number of benzene rings is 1. The maximum atomic E-state index is 6.44. The molecule has 0 heterocycles. The zero-order valence-electron chi connectivity index (χ0n) is 12.4. The van der Waals surface area contributed by atoms with Crippen LogP contribution in [0.25, 0.3) is 0 Å². The Morgan fingerprint density at radius 1 is 1.32 bits per heavy atom. The van der Waals surface area contributed by atoms with Gasteiger partial charge in [-0.05, 0) is 50.4 Å². The zero-order valence-corrected chi connectivity index (χ0v) is 13.2. The van der Waals surface area contributed by atoms with Crippen molar-refractivity contribution < 1.29 is 0 Å². The van der Waals surface area contributed by atoms with Crippen molar-refractivity contribution in [3.63, 3.8) is 0 Å². The summed E-state index contributed by atoms with van der Waals surface area (Å²) in [5.74, 6) is 0.676. The van der Waals surface area contributed by atoms with Gasteiger partial charge in [-0.15, -0.1) is 0 Å². The molecule has 1 saturated carbocycles. The molecule has 1 aromatic carbocycles. The number of halogens is 1. The van der Waals surface area contributed by atoms with Crippen LogP contribution in [0.4, 0.5) is 5.69 Å². The van der Waals surface area contributed by atoms with Crippen molar-refractivity contribution in [2.75, 3.05) is 18.5 Å². The molecule has 0 aromatic heterocycles. The summed E-state index contributed by atoms with van der Waals surface area (Å²) >= 11 is 6.44. The predicted octanol–water partition coefficient (Wildman–Crippen LogP) is 4.25. The minimum Gasteiger partial charge on any atom is -0.368 e. The van der Waals surface area contributed by atoms with E-state index in [9.17, 15) is 0 Å². The lowest BCUT2D eigenvalue weighted by Crippen LogP contribution is -2.29. The van der Waals surface area contributed by atoms with E-state index >= 15 is 0 Å². The van der Waals surface area contributed by atoms with Gasteiger partial charge in [-0.25, -0.2) is 0 Å². The van der Waals surface area contributed by atoms with Crippen LogP contribution in [-0.4, -0.2) is 19.6 Å². The molecule has 0 radical (unpaired) electrons. The Hall–Kier alpha value is -0.730. The monoisotopic (exact) mass is 280 g/mol. The van der Waals surface area contributed by atoms with Crippen LogP contribution >= 0.6 is 11.6 Å². The third kappa shape index (κ3) is 3.64. The normalized spacial score (nSPS) is 16.7. The number of nitrogens with one attached hydrogen (secondary N) is 1. The van der Waals surface area contributed by atoms with E-state index in [1.165, 1.54) is 24.1 Å². The van der Waals surface area contributed by atoms with Crippen LogP contribution in [-0.2, 0) is 0 Å². The van der Waals surface area contributed by atoms with E-state index in [2.05, 4.69) is 49.2 Å². The van der Waals surface area contributed by atoms with Crippen LogP contribution in [0.2, 0.25) is 5.02 Å². The maximum Gasteiger partial charge on any atom is 0.0474 e. The van der Waals surface area contributed by atoms with Crippen LogP contribution in [0.5, 0.6) is 0 Å². The van der Waals surface area contributed by atoms with E-state index < -0.39 is 0 Å². The molecular weight excluding hydrogens is 256 g/mol. The molecule has 3 heteroatoms. The molecule has 19 heavy (non-hydrogen) atoms. The maximum absolute atomic E-state index is 6.44. The largest absolute Gasteiger partial charge is 0.368 e. The van der Waals surface area contributed by atoms with E-state index in [1.54, 1.807) is 0 Å². The molecule has 1 fully saturated rings. The van der Waals surface area contributed by atoms with Crippen LogP contribution in [0.1, 0.15) is 45.2 Å². The Morgan fingerprint density at radius 2 is 2.00 bits per heavy atom. The van der Waals surface area contributed by atoms with Gasteiger partial charge in [-0.3, -0.25) is 0 Å². The van der Waals surface area contributed by atoms with Gasteiger partial charge in [0.25, 0.3) is 0 Å². The average molecular weight is 281 g/mol. The summed E-state index contributed by atoms with van der Waals surface area (Å²) in [7, 11) is 1.96. The molecule has 0 saturated heterocycles. The van der Waals surface area contributed by atoms with Gasteiger partial charge in [0.2, 0.25) is 0 Å². The van der Waals surface area contributed by atoms with Crippen LogP contribution in [0.15, 0.2) is 18.2 Å². The van der Waals surface area contributed by atoms with Crippen molar-refractivity contribution in [3.8, 4) is 0 Å². The number of anilines is 1. The first-order chi connectivity index (χ1) is 9.02. The topological polar surface area (TPSA) is 15.3 Å². The van der Waals surface area contributed by atoms with Crippen molar-refractivity contribution >= 4 is 17.3 Å². The quantitative estimate of drug-likeness (QED) is 0.838. The highest BCUT2D eigenvalue weighted by molar-refractivity contribution is 6.31. The molecule has 0 amide bonds. The van der Waals surface area contributed by atoms with Crippen molar-refractivity contribution in [2.24, 2.45) is 5.92 Å². The third-order valence-electron chi connectivity index (χ3n) is 3.76. The van der Waals surface area contributed by atoms with Gasteiger partial charge in [-0.2, -0.15) is 0 Å². The Bertz CT molecular complexity index is 427. The second kappa shape index (κ2) is 6.15. The van der Waals surface area contributed by atoms with E-state index in [1.807, 2.05) is 7.05 Å². The first-order valence-corrected chi connectivity index (χ1v) is 7.64. The first-order valence-electron chi connectivity index (χ1n) is 7.26. The molecule has 1 N–H and O–H groups in total. The highest BCUT2D eigenvalue weighted by Gasteiger charge is 2.29. The molecule has 0 aliphatic heterocycles. The summed E-state index contributed by atoms with van der Waals surface area (Å²) in [6, 6.07) is 7.53. The van der Waals surface area contributed by atoms with E-state index in [0.717, 1.165) is 17.6 Å². The van der Waals surface area contributed by atoms with E-state index in [0.29, 0.717) is 12.0 Å². The number of nitrogens with zero attached hydrogens (tertiary/aromatic N) is 1. The summed E-state index contributed by atoms with van der Waals surface area (Å²) in [4.78, 5) is 2.52. The van der Waals surface area contributed by atoms with Crippen LogP contribution < -0.4 is 10.2 Å². The third-order valence-corrected chi connectivity index (χ3v) is 4.09. The molecule has 1 unspecified atom stereocenters. The molecular formula is C16H25ClN2. The lowest BCUT2D eigenvalue weighted by Gasteiger charge is -2.27. The van der Waals surface area contributed by atoms with E-state index in [4.69, 9.17) is 11.6 Å². The summed E-state index contributed by atoms with van der Waals surface area (Å²) < 4.78 is 0. The fourth-order valence-electron chi connectivity index (χ4n) is 2.45. The Balaban J connectivity index is 2.21. The predicted molar refractivity (Wildman–Crippen MR) is 84.1 cm³/mol. The molecule has 106 valence electrons. The molecule has 0 bridgehead atoms. The molecule has 2 nitrogen and oxygen atoms in total. The lowest BCUT2D eigenvalue weighted by molar-refractivity contribution is 0.607. The second-order valence-electron chi connectivity index (χ2n) is 5.99. The van der Waals surface area contributed by atoms with Crippen molar-refractivity contribution in [1.29, 1.82) is 0 Å². The smallest absolute Gasteiger partial charge is 0.0474 e. The van der Waals surface area contributed by atoms with Crippen LogP contribution in [0, 0.1) is 5.92 Å². The SMILES string of the molecule is CNC(C)c1ccc(N(CC(C)C)C2CC2)cc1Cl. The van der Waals surface area contributed by atoms with Crippen LogP contribution in [0.3, 0.4) is 0 Å². The van der Waals surface area contributed by atoms with Gasteiger partial charge in [0, 0.05) is 29.3 Å². The number of hydrogen-bond acceptors (Lipinski definition) is 2. The standard InChI is InChI=1S/C16H25ClN2/c1-11(2)10-19(13-5-6-13)14-7-8-15(12(3)18-4)16(17)9-14/h7-9,11-13,18H,5-6,10H2,1-4H3. The second-order valence-corrected chi connectivity index (χ2v) is 6.40. The molecule has 0 spiro atoms. The number of hydrogen-bond donors (Lipinski definition) is 1. The fourth-order valence-corrected chi connectivity index (χ4v) is 2.78. The molecule has 1 aromatic rings. The Labute approximate surface area is 122 Å². The average Bonchev–Trinajstić information content (AvgIpc) is 3.19. The molecule has 1 atom stereocenters. The Kier molecular flexibility index (Phi) is 4.75. The molecule has 1 aliphatic rings. The van der Waals surface area contributed by atoms with Gasteiger partial charge in [0.05, 0.1) is 0 Å². The lowest BCUT2D eigenvalue weighted by atomic mass is 10.1. The number of rotatable bonds is 6. The van der Waals surface area contributed by atoms with Gasteiger partial charge < -0.3 is 10.2 Å². The van der Waals surface area contributed by atoms with Crippen molar-refractivity contribution in [2.45, 2.75) is 45.7 Å². The summed E-state index contributed by atoms with van der Waals surface area (Å²) in [5.41, 5.74) is 2.45. The van der Waals surface area contributed by atoms with Gasteiger partial charge in [0.1, 0.15) is 0 Å². The van der Waals surface area contributed by atoms with Gasteiger partial charge in [-0.1, -0.05) is 31.5 Å². The summed E-state index contributed by atoms with van der Waals surface area (Å²) in [5, 5.41) is 4.11. The van der Waals surface area contributed by atoms with Crippen molar-refractivity contribution in [1.82, 2.24) is 5.32 Å². The zero-order chi connectivity index (χ0) is 14.0. The highest BCUT2D eigenvalue weighted by atomic mass is 35.5. The summed E-state index contributed by atoms with van der Waals surface area (Å²) in [6.07, 6.45) is 2.64. The first kappa shape index (κ1) is 14.7. The van der Waals surface area contributed by atoms with Crippen molar-refractivity contribution in [3.05, 3.63) is 28.8 Å².